The molecule has 1 aliphatic carbocycles. The fourth-order valence-corrected chi connectivity index (χ4v) is 3.28. The third kappa shape index (κ3) is 3.27. The van der Waals surface area contributed by atoms with E-state index in [0.29, 0.717) is 5.58 Å². The Bertz CT molecular complexity index is 778. The molecule has 1 atom stereocenters. The number of aryl methyl sites for hydroxylation is 1. The summed E-state index contributed by atoms with van der Waals surface area (Å²) in [6.07, 6.45) is 1.84. The number of benzene rings is 1. The first-order chi connectivity index (χ1) is 10.9. The third-order valence-electron chi connectivity index (χ3n) is 4.12. The number of carbonyl (C=O) groups is 2. The molecule has 3 rings (SSSR count). The van der Waals surface area contributed by atoms with Gasteiger partial charge in [0.2, 0.25) is 0 Å². The first-order valence-electron chi connectivity index (χ1n) is 7.60. The van der Waals surface area contributed by atoms with Gasteiger partial charge < -0.3 is 14.4 Å². The molecular weight excluding hydrogens is 362 g/mol. The van der Waals surface area contributed by atoms with Crippen LogP contribution < -0.4 is 0 Å². The number of nitrogens with zero attached hydrogens (tertiary/aromatic N) is 1. The highest BCUT2D eigenvalue weighted by Crippen LogP contribution is 2.32. The largest absolute Gasteiger partial charge is 0.481 e. The summed E-state index contributed by atoms with van der Waals surface area (Å²) >= 11 is 3.44. The molecule has 1 saturated carbocycles. The second-order valence-corrected chi connectivity index (χ2v) is 7.10. The summed E-state index contributed by atoms with van der Waals surface area (Å²) < 4.78 is 6.69. The Labute approximate surface area is 142 Å². The number of carboxylic acids is 1. The van der Waals surface area contributed by atoms with Crippen molar-refractivity contribution < 1.29 is 19.1 Å². The van der Waals surface area contributed by atoms with E-state index < -0.39 is 11.9 Å². The van der Waals surface area contributed by atoms with Gasteiger partial charge in [0.1, 0.15) is 5.58 Å². The number of halogens is 1. The Morgan fingerprint density at radius 1 is 1.39 bits per heavy atom. The molecule has 1 N–H and O–H groups in total. The van der Waals surface area contributed by atoms with E-state index in [-0.39, 0.29) is 24.3 Å². The summed E-state index contributed by atoms with van der Waals surface area (Å²) in [6, 6.07) is 5.70. The van der Waals surface area contributed by atoms with Gasteiger partial charge >= 0.3 is 5.97 Å². The molecular formula is C17H18BrNO4. The summed E-state index contributed by atoms with van der Waals surface area (Å²) in [5, 5.41) is 9.96. The van der Waals surface area contributed by atoms with Crippen molar-refractivity contribution >= 4 is 38.8 Å². The molecule has 6 heteroatoms. The highest BCUT2D eigenvalue weighted by Gasteiger charge is 2.36. The number of amides is 1. The summed E-state index contributed by atoms with van der Waals surface area (Å²) in [5.41, 5.74) is 1.64. The fraction of sp³-hybridized carbons (Fsp3) is 0.412. The summed E-state index contributed by atoms with van der Waals surface area (Å²) in [7, 11) is 0. The van der Waals surface area contributed by atoms with Gasteiger partial charge in [-0.05, 0) is 43.5 Å². The van der Waals surface area contributed by atoms with Gasteiger partial charge in [0.05, 0.1) is 5.92 Å². The van der Waals surface area contributed by atoms with Crippen LogP contribution in [0.15, 0.2) is 27.1 Å². The molecule has 0 radical (unpaired) electrons. The maximum atomic E-state index is 12.8. The Hall–Kier alpha value is -1.82. The van der Waals surface area contributed by atoms with Crippen LogP contribution in [0.4, 0.5) is 0 Å². The molecule has 1 amide bonds. The topological polar surface area (TPSA) is 70.8 Å². The van der Waals surface area contributed by atoms with E-state index in [4.69, 9.17) is 9.52 Å². The molecule has 0 saturated heterocycles. The Morgan fingerprint density at radius 3 is 2.70 bits per heavy atom. The molecule has 1 aromatic heterocycles. The number of hydrogen-bond donors (Lipinski definition) is 1. The first kappa shape index (κ1) is 16.1. The zero-order valence-electron chi connectivity index (χ0n) is 13.0. The summed E-state index contributed by atoms with van der Waals surface area (Å²) in [4.78, 5) is 25.5. The zero-order valence-corrected chi connectivity index (χ0v) is 14.6. The third-order valence-corrected chi connectivity index (χ3v) is 4.58. The number of carboxylic acid groups (broad SMARTS) is 1. The van der Waals surface area contributed by atoms with Gasteiger partial charge in [0.15, 0.2) is 5.76 Å². The normalized spacial score (nSPS) is 15.6. The highest BCUT2D eigenvalue weighted by molar-refractivity contribution is 9.10. The van der Waals surface area contributed by atoms with Crippen LogP contribution in [0.3, 0.4) is 0 Å². The van der Waals surface area contributed by atoms with E-state index in [9.17, 15) is 9.59 Å². The molecule has 1 fully saturated rings. The second-order valence-electron chi connectivity index (χ2n) is 6.18. The van der Waals surface area contributed by atoms with Gasteiger partial charge in [-0.1, -0.05) is 22.9 Å². The van der Waals surface area contributed by atoms with E-state index >= 15 is 0 Å². The predicted molar refractivity (Wildman–Crippen MR) is 89.5 cm³/mol. The molecule has 2 aromatic rings. The second kappa shape index (κ2) is 6.00. The van der Waals surface area contributed by atoms with Crippen LogP contribution >= 0.6 is 15.9 Å². The van der Waals surface area contributed by atoms with E-state index in [1.54, 1.807) is 17.9 Å². The van der Waals surface area contributed by atoms with Crippen molar-refractivity contribution in [3.05, 3.63) is 34.0 Å². The van der Waals surface area contributed by atoms with Crippen LogP contribution in [-0.2, 0) is 4.79 Å². The Balaban J connectivity index is 1.91. The smallest absolute Gasteiger partial charge is 0.308 e. The lowest BCUT2D eigenvalue weighted by molar-refractivity contribution is -0.141. The van der Waals surface area contributed by atoms with E-state index in [1.165, 1.54) is 0 Å². The van der Waals surface area contributed by atoms with Gasteiger partial charge in [0, 0.05) is 22.4 Å². The minimum atomic E-state index is -0.896. The SMILES string of the molecule is Cc1cc(Br)cc2cc(C(=O)N(CC(C)C(=O)O)C3CC3)oc12. The van der Waals surface area contributed by atoms with Crippen molar-refractivity contribution in [3.63, 3.8) is 0 Å². The monoisotopic (exact) mass is 379 g/mol. The predicted octanol–water partition coefficient (Wildman–Crippen LogP) is 3.83. The van der Waals surface area contributed by atoms with Gasteiger partial charge in [-0.3, -0.25) is 9.59 Å². The lowest BCUT2D eigenvalue weighted by atomic mass is 10.1. The Kier molecular flexibility index (Phi) is 4.19. The van der Waals surface area contributed by atoms with Gasteiger partial charge in [-0.2, -0.15) is 0 Å². The first-order valence-corrected chi connectivity index (χ1v) is 8.39. The van der Waals surface area contributed by atoms with Crippen LogP contribution in [0.1, 0.15) is 35.9 Å². The van der Waals surface area contributed by atoms with Gasteiger partial charge in [-0.15, -0.1) is 0 Å². The van der Waals surface area contributed by atoms with Crippen molar-refractivity contribution in [1.82, 2.24) is 4.90 Å². The lowest BCUT2D eigenvalue weighted by Gasteiger charge is -2.23. The average molecular weight is 380 g/mol. The minimum absolute atomic E-state index is 0.130. The standard InChI is InChI=1S/C17H18BrNO4/c1-9-5-12(18)6-11-7-14(23-15(9)11)16(20)19(13-3-4-13)8-10(2)17(21)22/h5-7,10,13H,3-4,8H2,1-2H3,(H,21,22). The van der Waals surface area contributed by atoms with E-state index in [1.807, 2.05) is 19.1 Å². The fourth-order valence-electron chi connectivity index (χ4n) is 2.69. The number of fused-ring (bicyclic) bond motifs is 1. The molecule has 1 heterocycles. The van der Waals surface area contributed by atoms with Crippen molar-refractivity contribution in [2.45, 2.75) is 32.7 Å². The van der Waals surface area contributed by atoms with Crippen LogP contribution in [0.25, 0.3) is 11.0 Å². The van der Waals surface area contributed by atoms with Crippen LogP contribution in [-0.4, -0.2) is 34.5 Å². The number of carbonyl (C=O) groups excluding carboxylic acids is 1. The van der Waals surface area contributed by atoms with Crippen LogP contribution in [0.5, 0.6) is 0 Å². The molecule has 0 aliphatic heterocycles. The van der Waals surface area contributed by atoms with E-state index in [0.717, 1.165) is 28.3 Å². The van der Waals surface area contributed by atoms with Crippen LogP contribution in [0, 0.1) is 12.8 Å². The zero-order chi connectivity index (χ0) is 16.7. The van der Waals surface area contributed by atoms with E-state index in [2.05, 4.69) is 15.9 Å². The highest BCUT2D eigenvalue weighted by atomic mass is 79.9. The maximum Gasteiger partial charge on any atom is 0.308 e. The number of hydrogen-bond acceptors (Lipinski definition) is 3. The molecule has 0 spiro atoms. The number of rotatable bonds is 5. The van der Waals surface area contributed by atoms with Crippen molar-refractivity contribution in [1.29, 1.82) is 0 Å². The summed E-state index contributed by atoms with van der Waals surface area (Å²) in [5.74, 6) is -1.45. The molecule has 5 nitrogen and oxygen atoms in total. The molecule has 23 heavy (non-hydrogen) atoms. The molecule has 1 aromatic carbocycles. The number of aliphatic carboxylic acids is 1. The van der Waals surface area contributed by atoms with Gasteiger partial charge in [0.25, 0.3) is 5.91 Å². The summed E-state index contributed by atoms with van der Waals surface area (Å²) in [6.45, 7) is 3.75. The Morgan fingerprint density at radius 2 is 2.09 bits per heavy atom. The van der Waals surface area contributed by atoms with Crippen molar-refractivity contribution in [2.75, 3.05) is 6.54 Å². The molecule has 1 unspecified atom stereocenters. The van der Waals surface area contributed by atoms with Crippen molar-refractivity contribution in [2.24, 2.45) is 5.92 Å². The lowest BCUT2D eigenvalue weighted by Crippen LogP contribution is -2.38. The molecule has 122 valence electrons. The number of furan rings is 1. The molecule has 1 aliphatic rings. The average Bonchev–Trinajstić information content (AvgIpc) is 3.22. The minimum Gasteiger partial charge on any atom is -0.481 e. The maximum absolute atomic E-state index is 12.8. The van der Waals surface area contributed by atoms with Gasteiger partial charge in [-0.25, -0.2) is 0 Å². The van der Waals surface area contributed by atoms with Crippen molar-refractivity contribution in [3.8, 4) is 0 Å². The van der Waals surface area contributed by atoms with Crippen LogP contribution in [0.2, 0.25) is 0 Å². The quantitative estimate of drug-likeness (QED) is 0.856. The molecule has 0 bridgehead atoms.